The Hall–Kier alpha value is -3.82. The van der Waals surface area contributed by atoms with E-state index in [0.29, 0.717) is 57.3 Å². The molecular formula is C34H43ClN6O3. The molecule has 3 aromatic carbocycles. The summed E-state index contributed by atoms with van der Waals surface area (Å²) in [5.41, 5.74) is 8.55. The summed E-state index contributed by atoms with van der Waals surface area (Å²) in [6, 6.07) is 21.0. The van der Waals surface area contributed by atoms with E-state index in [-0.39, 0.29) is 36.1 Å². The maximum Gasteiger partial charge on any atom is 0.326 e. The van der Waals surface area contributed by atoms with Gasteiger partial charge in [-0.15, -0.1) is 12.4 Å². The van der Waals surface area contributed by atoms with E-state index in [1.165, 1.54) is 0 Å². The number of para-hydroxylation sites is 2. The van der Waals surface area contributed by atoms with Crippen LogP contribution in [-0.4, -0.2) is 58.6 Å². The summed E-state index contributed by atoms with van der Waals surface area (Å²) in [6.45, 7) is 2.30. The molecule has 9 nitrogen and oxygen atoms in total. The topological polar surface area (TPSA) is 125 Å². The molecule has 2 heterocycles. The third kappa shape index (κ3) is 6.94. The number of imidazole rings is 1. The van der Waals surface area contributed by atoms with E-state index in [1.54, 1.807) is 4.90 Å². The smallest absolute Gasteiger partial charge is 0.326 e. The van der Waals surface area contributed by atoms with E-state index in [0.717, 1.165) is 53.1 Å². The summed E-state index contributed by atoms with van der Waals surface area (Å²) in [5.74, 6) is 0.772. The molecule has 1 saturated heterocycles. The van der Waals surface area contributed by atoms with Gasteiger partial charge in [0.15, 0.2) is 0 Å². The molecule has 0 bridgehead atoms. The number of H-pyrrole nitrogens is 1. The Bertz CT molecular complexity index is 1640. The first-order valence-corrected chi connectivity index (χ1v) is 15.7. The van der Waals surface area contributed by atoms with E-state index < -0.39 is 6.04 Å². The molecule has 2 aliphatic rings. The first-order chi connectivity index (χ1) is 21.0. The van der Waals surface area contributed by atoms with Gasteiger partial charge < -0.3 is 26.3 Å². The molecule has 6 rings (SSSR count). The van der Waals surface area contributed by atoms with Gasteiger partial charge >= 0.3 is 11.7 Å². The van der Waals surface area contributed by atoms with Crippen LogP contribution in [0.15, 0.2) is 71.5 Å². The summed E-state index contributed by atoms with van der Waals surface area (Å²) in [7, 11) is 0. The van der Waals surface area contributed by atoms with Crippen molar-refractivity contribution in [1.29, 1.82) is 0 Å². The van der Waals surface area contributed by atoms with Crippen LogP contribution in [0.2, 0.25) is 0 Å². The predicted octanol–water partition coefficient (Wildman–Crippen LogP) is 4.74. The summed E-state index contributed by atoms with van der Waals surface area (Å²) in [4.78, 5) is 44.7. The molecule has 1 saturated carbocycles. The van der Waals surface area contributed by atoms with Crippen molar-refractivity contribution in [2.24, 2.45) is 17.6 Å². The number of piperidine rings is 1. The number of hydrogen-bond acceptors (Lipinski definition) is 4. The summed E-state index contributed by atoms with van der Waals surface area (Å²) in [5, 5.41) is 8.44. The van der Waals surface area contributed by atoms with Crippen LogP contribution in [0.25, 0.3) is 21.8 Å². The van der Waals surface area contributed by atoms with Gasteiger partial charge in [0.1, 0.15) is 6.04 Å². The second kappa shape index (κ2) is 14.3. The molecular weight excluding hydrogens is 576 g/mol. The molecule has 4 aromatic rings. The van der Waals surface area contributed by atoms with Crippen LogP contribution in [0.5, 0.6) is 0 Å². The lowest BCUT2D eigenvalue weighted by molar-refractivity contribution is -0.123. The highest BCUT2D eigenvalue weighted by Crippen LogP contribution is 2.28. The Labute approximate surface area is 264 Å². The quantitative estimate of drug-likeness (QED) is 0.228. The van der Waals surface area contributed by atoms with Crippen molar-refractivity contribution in [2.75, 3.05) is 26.2 Å². The van der Waals surface area contributed by atoms with Gasteiger partial charge in [-0.3, -0.25) is 9.36 Å². The van der Waals surface area contributed by atoms with Gasteiger partial charge in [0.2, 0.25) is 5.91 Å². The van der Waals surface area contributed by atoms with Crippen molar-refractivity contribution in [3.63, 3.8) is 0 Å². The SMILES string of the molecule is Cl.NC[C@H]1CCC[C@@H](CNC(=O)[C@@H](Cc2cccc3ccccc23)NC(=O)N2CCC(n3c(=O)[nH]c4ccccc43)CC2)C1. The fraction of sp³-hybridized carbons (Fsp3) is 0.441. The maximum absolute atomic E-state index is 13.7. The molecule has 1 aliphatic carbocycles. The molecule has 1 aliphatic heterocycles. The van der Waals surface area contributed by atoms with E-state index in [2.05, 4.69) is 33.8 Å². The van der Waals surface area contributed by atoms with Gasteiger partial charge in [-0.25, -0.2) is 9.59 Å². The number of benzene rings is 3. The van der Waals surface area contributed by atoms with E-state index >= 15 is 0 Å². The van der Waals surface area contributed by atoms with Crippen molar-refractivity contribution in [2.45, 2.75) is 57.0 Å². The zero-order chi connectivity index (χ0) is 29.8. The highest BCUT2D eigenvalue weighted by atomic mass is 35.5. The standard InChI is InChI=1S/C34H42N6O3.ClH/c35-21-23-7-5-8-24(19-23)22-36-32(41)30(20-26-11-6-10-25-9-1-2-12-28(25)26)38-33(42)39-17-15-27(16-18-39)40-31-14-4-3-13-29(31)37-34(40)43;/h1-4,6,9-14,23-24,27,30H,5,7-8,15-22,35H2,(H,36,41)(H,37,43)(H,38,42);1H/t23-,24+,30+;/m0./s1. The molecule has 44 heavy (non-hydrogen) atoms. The molecule has 1 aromatic heterocycles. The summed E-state index contributed by atoms with van der Waals surface area (Å²) < 4.78 is 1.82. The third-order valence-corrected chi connectivity index (χ3v) is 9.45. The van der Waals surface area contributed by atoms with Crippen molar-refractivity contribution in [3.8, 4) is 0 Å². The molecule has 234 valence electrons. The fourth-order valence-corrected chi connectivity index (χ4v) is 7.07. The molecule has 10 heteroatoms. The number of fused-ring (bicyclic) bond motifs is 2. The van der Waals surface area contributed by atoms with Gasteiger partial charge in [-0.05, 0) is 79.0 Å². The van der Waals surface area contributed by atoms with Gasteiger partial charge in [0.05, 0.1) is 11.0 Å². The van der Waals surface area contributed by atoms with Crippen molar-refractivity contribution in [3.05, 3.63) is 82.8 Å². The lowest BCUT2D eigenvalue weighted by Gasteiger charge is -2.34. The first-order valence-electron chi connectivity index (χ1n) is 15.7. The lowest BCUT2D eigenvalue weighted by Crippen LogP contribution is -2.54. The van der Waals surface area contributed by atoms with E-state index in [9.17, 15) is 14.4 Å². The molecule has 3 amide bonds. The monoisotopic (exact) mass is 618 g/mol. The number of urea groups is 1. The second-order valence-electron chi connectivity index (χ2n) is 12.3. The second-order valence-corrected chi connectivity index (χ2v) is 12.3. The summed E-state index contributed by atoms with van der Waals surface area (Å²) in [6.07, 6.45) is 6.15. The number of aromatic nitrogens is 2. The van der Waals surface area contributed by atoms with E-state index in [1.807, 2.05) is 53.1 Å². The molecule has 2 fully saturated rings. The van der Waals surface area contributed by atoms with Crippen LogP contribution in [0.1, 0.15) is 50.1 Å². The third-order valence-electron chi connectivity index (χ3n) is 9.45. The molecule has 0 spiro atoms. The Morgan fingerprint density at radius 3 is 2.48 bits per heavy atom. The number of carbonyl (C=O) groups excluding carboxylic acids is 2. The number of halogens is 1. The average molecular weight is 619 g/mol. The van der Waals surface area contributed by atoms with Crippen molar-refractivity contribution < 1.29 is 9.59 Å². The number of carbonyl (C=O) groups is 2. The number of nitrogens with two attached hydrogens (primary N) is 1. The zero-order valence-corrected chi connectivity index (χ0v) is 25.9. The normalized spacial score (nSPS) is 19.8. The fourth-order valence-electron chi connectivity index (χ4n) is 7.07. The first kappa shape index (κ1) is 31.6. The van der Waals surface area contributed by atoms with Crippen LogP contribution in [-0.2, 0) is 11.2 Å². The van der Waals surface area contributed by atoms with Crippen LogP contribution in [0.4, 0.5) is 4.79 Å². The number of rotatable bonds is 8. The maximum atomic E-state index is 13.7. The Morgan fingerprint density at radius 2 is 1.66 bits per heavy atom. The minimum Gasteiger partial charge on any atom is -0.354 e. The van der Waals surface area contributed by atoms with Crippen LogP contribution < -0.4 is 22.1 Å². The number of aromatic amines is 1. The largest absolute Gasteiger partial charge is 0.354 e. The Morgan fingerprint density at radius 1 is 0.932 bits per heavy atom. The van der Waals surface area contributed by atoms with Gasteiger partial charge in [0, 0.05) is 32.1 Å². The molecule has 3 atom stereocenters. The van der Waals surface area contributed by atoms with Crippen LogP contribution >= 0.6 is 12.4 Å². The van der Waals surface area contributed by atoms with Crippen molar-refractivity contribution in [1.82, 2.24) is 25.1 Å². The van der Waals surface area contributed by atoms with Crippen LogP contribution in [0.3, 0.4) is 0 Å². The number of hydrogen-bond donors (Lipinski definition) is 4. The summed E-state index contributed by atoms with van der Waals surface area (Å²) >= 11 is 0. The van der Waals surface area contributed by atoms with Gasteiger partial charge in [0.25, 0.3) is 0 Å². The molecule has 5 N–H and O–H groups in total. The van der Waals surface area contributed by atoms with Gasteiger partial charge in [-0.2, -0.15) is 0 Å². The number of amides is 3. The van der Waals surface area contributed by atoms with Crippen molar-refractivity contribution >= 4 is 46.2 Å². The highest BCUT2D eigenvalue weighted by molar-refractivity contribution is 5.90. The van der Waals surface area contributed by atoms with Crippen LogP contribution in [0, 0.1) is 11.8 Å². The Kier molecular flexibility index (Phi) is 10.3. The molecule has 0 radical (unpaired) electrons. The number of nitrogens with one attached hydrogen (secondary N) is 3. The average Bonchev–Trinajstić information content (AvgIpc) is 3.39. The predicted molar refractivity (Wildman–Crippen MR) is 177 cm³/mol. The minimum atomic E-state index is -0.707. The number of likely N-dealkylation sites (tertiary alicyclic amines) is 1. The Balaban J connectivity index is 0.00000384. The highest BCUT2D eigenvalue weighted by Gasteiger charge is 2.30. The zero-order valence-electron chi connectivity index (χ0n) is 25.0. The minimum absolute atomic E-state index is 0. The molecule has 0 unspecified atom stereocenters. The van der Waals surface area contributed by atoms with Gasteiger partial charge in [-0.1, -0.05) is 61.0 Å². The van der Waals surface area contributed by atoms with E-state index in [4.69, 9.17) is 5.73 Å². The number of nitrogens with zero attached hydrogens (tertiary/aromatic N) is 2. The lowest BCUT2D eigenvalue weighted by atomic mass is 9.81.